The van der Waals surface area contributed by atoms with E-state index in [1.165, 1.54) is 0 Å². The van der Waals surface area contributed by atoms with Gasteiger partial charge in [0.05, 0.1) is 17.8 Å². The molecule has 2 saturated heterocycles. The lowest BCUT2D eigenvalue weighted by atomic mass is 10.1. The lowest BCUT2D eigenvalue weighted by Crippen LogP contribution is -2.48. The summed E-state index contributed by atoms with van der Waals surface area (Å²) in [6.45, 7) is 2.83. The van der Waals surface area contributed by atoms with Crippen molar-refractivity contribution in [2.45, 2.75) is 31.4 Å². The molecule has 0 spiro atoms. The Hall–Kier alpha value is -3.20. The SMILES string of the molecule is O=C(NC[C@@H]1CCCO1)c1ccc2c(n1)N(C(=O)Nc1ccccn1)C1CCN2C1. The van der Waals surface area contributed by atoms with Crippen molar-refractivity contribution >= 4 is 29.3 Å². The second kappa shape index (κ2) is 7.91. The first kappa shape index (κ1) is 18.8. The lowest BCUT2D eigenvalue weighted by Gasteiger charge is -2.35. The maximum atomic E-state index is 13.1. The number of fused-ring (bicyclic) bond motifs is 4. The minimum Gasteiger partial charge on any atom is -0.376 e. The first-order valence-electron chi connectivity index (χ1n) is 10.4. The molecular weight excluding hydrogens is 384 g/mol. The topological polar surface area (TPSA) is 99.7 Å². The van der Waals surface area contributed by atoms with Crippen molar-refractivity contribution in [2.75, 3.05) is 41.4 Å². The average Bonchev–Trinajstić information content (AvgIpc) is 3.43. The fourth-order valence-corrected chi connectivity index (χ4v) is 4.31. The third-order valence-corrected chi connectivity index (χ3v) is 5.82. The molecule has 5 heterocycles. The highest BCUT2D eigenvalue weighted by molar-refractivity contribution is 6.05. The van der Waals surface area contributed by atoms with Crippen LogP contribution >= 0.6 is 0 Å². The van der Waals surface area contributed by atoms with Gasteiger partial charge in [0.25, 0.3) is 5.91 Å². The molecule has 5 rings (SSSR count). The maximum absolute atomic E-state index is 13.1. The summed E-state index contributed by atoms with van der Waals surface area (Å²) in [5, 5.41) is 5.75. The molecule has 9 nitrogen and oxygen atoms in total. The molecule has 2 aromatic rings. The van der Waals surface area contributed by atoms with Crippen molar-refractivity contribution in [2.24, 2.45) is 0 Å². The van der Waals surface area contributed by atoms with Gasteiger partial charge in [0, 0.05) is 32.4 Å². The molecule has 3 aliphatic rings. The van der Waals surface area contributed by atoms with Crippen LogP contribution in [0.2, 0.25) is 0 Å². The van der Waals surface area contributed by atoms with E-state index in [1.54, 1.807) is 29.3 Å². The number of amides is 3. The fraction of sp³-hybridized carbons (Fsp3) is 0.429. The Morgan fingerprint density at radius 2 is 2.13 bits per heavy atom. The van der Waals surface area contributed by atoms with Gasteiger partial charge >= 0.3 is 6.03 Å². The Bertz CT molecular complexity index is 947. The number of hydrogen-bond acceptors (Lipinski definition) is 6. The highest BCUT2D eigenvalue weighted by Gasteiger charge is 2.40. The number of aromatic nitrogens is 2. The number of anilines is 3. The number of carbonyl (C=O) groups excluding carboxylic acids is 2. The van der Waals surface area contributed by atoms with E-state index in [2.05, 4.69) is 25.5 Å². The normalized spacial score (nSPS) is 22.0. The molecule has 3 aliphatic heterocycles. The number of ether oxygens (including phenoxy) is 1. The minimum absolute atomic E-state index is 0.0129. The van der Waals surface area contributed by atoms with Gasteiger partial charge in [0.1, 0.15) is 11.5 Å². The van der Waals surface area contributed by atoms with Gasteiger partial charge in [-0.25, -0.2) is 14.8 Å². The first-order valence-corrected chi connectivity index (χ1v) is 10.4. The Labute approximate surface area is 174 Å². The fourth-order valence-electron chi connectivity index (χ4n) is 4.31. The minimum atomic E-state index is -0.286. The quantitative estimate of drug-likeness (QED) is 0.803. The zero-order valence-corrected chi connectivity index (χ0v) is 16.6. The zero-order chi connectivity index (χ0) is 20.5. The van der Waals surface area contributed by atoms with Crippen molar-refractivity contribution in [3.8, 4) is 0 Å². The van der Waals surface area contributed by atoms with E-state index in [0.717, 1.165) is 44.6 Å². The molecular formula is C21H24N6O3. The maximum Gasteiger partial charge on any atom is 0.329 e. The van der Waals surface area contributed by atoms with Gasteiger partial charge in [0.2, 0.25) is 0 Å². The van der Waals surface area contributed by atoms with Crippen LogP contribution in [0.15, 0.2) is 36.5 Å². The second-order valence-corrected chi connectivity index (χ2v) is 7.79. The number of nitrogens with zero attached hydrogens (tertiary/aromatic N) is 4. The van der Waals surface area contributed by atoms with Gasteiger partial charge in [-0.15, -0.1) is 0 Å². The van der Waals surface area contributed by atoms with Gasteiger partial charge in [-0.05, 0) is 43.5 Å². The summed E-state index contributed by atoms with van der Waals surface area (Å²) in [4.78, 5) is 38.4. The predicted molar refractivity (Wildman–Crippen MR) is 112 cm³/mol. The summed E-state index contributed by atoms with van der Waals surface area (Å²) in [5.74, 6) is 0.739. The van der Waals surface area contributed by atoms with Crippen molar-refractivity contribution in [1.82, 2.24) is 15.3 Å². The Kier molecular flexibility index (Phi) is 4.96. The second-order valence-electron chi connectivity index (χ2n) is 7.79. The van der Waals surface area contributed by atoms with Crippen LogP contribution in [0, 0.1) is 0 Å². The lowest BCUT2D eigenvalue weighted by molar-refractivity contribution is 0.0853. The molecule has 2 bridgehead atoms. The summed E-state index contributed by atoms with van der Waals surface area (Å²) < 4.78 is 5.56. The van der Waals surface area contributed by atoms with E-state index < -0.39 is 0 Å². The molecule has 9 heteroatoms. The summed E-state index contributed by atoms with van der Waals surface area (Å²) in [6, 6.07) is 8.68. The molecule has 0 aromatic carbocycles. The molecule has 156 valence electrons. The highest BCUT2D eigenvalue weighted by Crippen LogP contribution is 2.39. The Balaban J connectivity index is 1.38. The van der Waals surface area contributed by atoms with E-state index in [-0.39, 0.29) is 24.1 Å². The average molecular weight is 408 g/mol. The van der Waals surface area contributed by atoms with Gasteiger partial charge in [-0.1, -0.05) is 6.07 Å². The smallest absolute Gasteiger partial charge is 0.329 e. The van der Waals surface area contributed by atoms with Crippen LogP contribution in [0.5, 0.6) is 0 Å². The van der Waals surface area contributed by atoms with Crippen LogP contribution < -0.4 is 20.4 Å². The summed E-state index contributed by atoms with van der Waals surface area (Å²) in [5.41, 5.74) is 1.17. The molecule has 2 fully saturated rings. The van der Waals surface area contributed by atoms with Crippen LogP contribution in [-0.2, 0) is 4.74 Å². The molecule has 0 radical (unpaired) electrons. The van der Waals surface area contributed by atoms with Gasteiger partial charge < -0.3 is 15.0 Å². The Morgan fingerprint density at radius 1 is 1.20 bits per heavy atom. The zero-order valence-electron chi connectivity index (χ0n) is 16.6. The number of hydrogen-bond donors (Lipinski definition) is 2. The van der Waals surface area contributed by atoms with E-state index in [1.807, 2.05) is 12.1 Å². The number of nitrogens with one attached hydrogen (secondary N) is 2. The van der Waals surface area contributed by atoms with Crippen LogP contribution in [0.3, 0.4) is 0 Å². The van der Waals surface area contributed by atoms with Gasteiger partial charge in [-0.3, -0.25) is 15.0 Å². The summed E-state index contributed by atoms with van der Waals surface area (Å²) in [7, 11) is 0. The first-order chi connectivity index (χ1) is 14.7. The summed E-state index contributed by atoms with van der Waals surface area (Å²) >= 11 is 0. The van der Waals surface area contributed by atoms with E-state index in [9.17, 15) is 9.59 Å². The van der Waals surface area contributed by atoms with E-state index in [4.69, 9.17) is 4.74 Å². The summed E-state index contributed by atoms with van der Waals surface area (Å²) in [6.07, 6.45) is 4.53. The van der Waals surface area contributed by atoms with Crippen LogP contribution in [-0.4, -0.2) is 60.3 Å². The van der Waals surface area contributed by atoms with Gasteiger partial charge in [-0.2, -0.15) is 0 Å². The molecule has 30 heavy (non-hydrogen) atoms. The van der Waals surface area contributed by atoms with Crippen LogP contribution in [0.4, 0.5) is 22.1 Å². The molecule has 0 saturated carbocycles. The molecule has 0 aliphatic carbocycles. The van der Waals surface area contributed by atoms with Crippen molar-refractivity contribution in [1.29, 1.82) is 0 Å². The third-order valence-electron chi connectivity index (χ3n) is 5.82. The molecule has 1 unspecified atom stereocenters. The number of rotatable bonds is 4. The molecule has 2 aromatic heterocycles. The standard InChI is InChI=1S/C21H24N6O3/c28-20(23-12-15-4-3-11-30-15)16-6-7-17-19(24-16)27(14-8-10-26(17)13-14)21(29)25-18-5-1-2-9-22-18/h1-2,5-7,9,14-15H,3-4,8,10-13H2,(H,23,28)(H,22,25,29)/t14?,15-/m0/s1. The van der Waals surface area contributed by atoms with Crippen LogP contribution in [0.25, 0.3) is 0 Å². The van der Waals surface area contributed by atoms with Crippen LogP contribution in [0.1, 0.15) is 29.8 Å². The number of urea groups is 1. The predicted octanol–water partition coefficient (Wildman–Crippen LogP) is 2.02. The molecule has 2 atom stereocenters. The van der Waals surface area contributed by atoms with Gasteiger partial charge in [0.15, 0.2) is 5.82 Å². The largest absolute Gasteiger partial charge is 0.376 e. The third kappa shape index (κ3) is 3.56. The molecule has 2 N–H and O–H groups in total. The number of carbonyl (C=O) groups is 2. The molecule has 3 amide bonds. The van der Waals surface area contributed by atoms with Crippen molar-refractivity contribution in [3.05, 3.63) is 42.2 Å². The number of pyridine rings is 2. The van der Waals surface area contributed by atoms with E-state index in [0.29, 0.717) is 23.9 Å². The van der Waals surface area contributed by atoms with E-state index >= 15 is 0 Å². The highest BCUT2D eigenvalue weighted by atomic mass is 16.5. The van der Waals surface area contributed by atoms with Crippen molar-refractivity contribution in [3.63, 3.8) is 0 Å². The van der Waals surface area contributed by atoms with Crippen molar-refractivity contribution < 1.29 is 14.3 Å². The Morgan fingerprint density at radius 3 is 2.93 bits per heavy atom. The monoisotopic (exact) mass is 408 g/mol.